The van der Waals surface area contributed by atoms with Crippen LogP contribution in [0.3, 0.4) is 0 Å². The fourth-order valence-electron chi connectivity index (χ4n) is 3.66. The highest BCUT2D eigenvalue weighted by Crippen LogP contribution is 2.34. The third-order valence-corrected chi connectivity index (χ3v) is 7.16. The number of methoxy groups -OCH3 is 1. The van der Waals surface area contributed by atoms with Crippen LogP contribution in [0.2, 0.25) is 0 Å². The maximum Gasteiger partial charge on any atom is 0.264 e. The average Bonchev–Trinajstić information content (AvgIpc) is 2.83. The van der Waals surface area contributed by atoms with Gasteiger partial charge in [-0.3, -0.25) is 9.10 Å². The molecule has 0 fully saturated rings. The average molecular weight is 448 g/mol. The van der Waals surface area contributed by atoms with Crippen LogP contribution in [0.4, 0.5) is 11.4 Å². The van der Waals surface area contributed by atoms with E-state index in [1.54, 1.807) is 48.5 Å². The van der Waals surface area contributed by atoms with Crippen molar-refractivity contribution in [2.45, 2.75) is 17.7 Å². The Morgan fingerprint density at radius 3 is 2.44 bits per heavy atom. The van der Waals surface area contributed by atoms with E-state index in [9.17, 15) is 13.2 Å². The van der Waals surface area contributed by atoms with Crippen molar-refractivity contribution in [3.05, 3.63) is 83.4 Å². The molecule has 0 bridgehead atoms. The van der Waals surface area contributed by atoms with Crippen LogP contribution in [0.5, 0.6) is 5.75 Å². The molecule has 0 aliphatic carbocycles. The minimum absolute atomic E-state index is 0.198. The molecule has 1 N–H and O–H groups in total. The molecule has 3 aromatic carbocycles. The molecule has 0 aromatic heterocycles. The van der Waals surface area contributed by atoms with Crippen LogP contribution in [0.1, 0.15) is 27.9 Å². The Bertz CT molecular complexity index is 1290. The Labute approximate surface area is 186 Å². The number of hydrogen-bond acceptors (Lipinski definition) is 5. The number of fused-ring (bicyclic) bond motifs is 1. The van der Waals surface area contributed by atoms with Gasteiger partial charge in [0.2, 0.25) is 0 Å². The van der Waals surface area contributed by atoms with E-state index in [4.69, 9.17) is 10.00 Å². The summed E-state index contributed by atoms with van der Waals surface area (Å²) in [6.45, 7) is 0.387. The number of nitrogens with one attached hydrogen (secondary N) is 1. The van der Waals surface area contributed by atoms with Crippen LogP contribution < -0.4 is 14.4 Å². The Morgan fingerprint density at radius 1 is 1.06 bits per heavy atom. The lowest BCUT2D eigenvalue weighted by Crippen LogP contribution is -2.35. The second-order valence-electron chi connectivity index (χ2n) is 7.34. The Hall–Kier alpha value is -3.83. The molecule has 0 spiro atoms. The van der Waals surface area contributed by atoms with Gasteiger partial charge in [-0.25, -0.2) is 8.42 Å². The number of nitrogens with zero attached hydrogens (tertiary/aromatic N) is 2. The first kappa shape index (κ1) is 21.4. The molecular formula is C24H21N3O4S. The van der Waals surface area contributed by atoms with E-state index in [1.165, 1.54) is 23.5 Å². The number of nitriles is 1. The summed E-state index contributed by atoms with van der Waals surface area (Å²) in [6.07, 6.45) is 1.39. The molecule has 0 saturated heterocycles. The van der Waals surface area contributed by atoms with Gasteiger partial charge in [-0.05, 0) is 85.1 Å². The molecule has 7 nitrogen and oxygen atoms in total. The maximum absolute atomic E-state index is 13.2. The highest BCUT2D eigenvalue weighted by Gasteiger charge is 2.29. The molecule has 162 valence electrons. The largest absolute Gasteiger partial charge is 0.497 e. The third-order valence-electron chi connectivity index (χ3n) is 5.34. The summed E-state index contributed by atoms with van der Waals surface area (Å²) in [4.78, 5) is 12.7. The second-order valence-corrected chi connectivity index (χ2v) is 9.21. The lowest BCUT2D eigenvalue weighted by atomic mass is 10.0. The first-order chi connectivity index (χ1) is 15.4. The fourth-order valence-corrected chi connectivity index (χ4v) is 5.21. The summed E-state index contributed by atoms with van der Waals surface area (Å²) in [5.41, 5.74) is 2.97. The number of benzene rings is 3. The van der Waals surface area contributed by atoms with Gasteiger partial charge < -0.3 is 10.1 Å². The molecule has 0 radical (unpaired) electrons. The quantitative estimate of drug-likeness (QED) is 0.638. The number of carbonyl (C=O) groups is 1. The van der Waals surface area contributed by atoms with Gasteiger partial charge in [-0.2, -0.15) is 5.26 Å². The molecule has 1 aliphatic heterocycles. The van der Waals surface area contributed by atoms with Gasteiger partial charge in [0.05, 0.1) is 29.3 Å². The van der Waals surface area contributed by atoms with Gasteiger partial charge in [0, 0.05) is 17.8 Å². The molecule has 32 heavy (non-hydrogen) atoms. The molecule has 1 amide bonds. The fraction of sp³-hybridized carbons (Fsp3) is 0.167. The topological polar surface area (TPSA) is 99.5 Å². The lowest BCUT2D eigenvalue weighted by Gasteiger charge is -2.31. The van der Waals surface area contributed by atoms with Crippen molar-refractivity contribution in [3.63, 3.8) is 0 Å². The van der Waals surface area contributed by atoms with Gasteiger partial charge in [0.25, 0.3) is 15.9 Å². The molecule has 8 heteroatoms. The van der Waals surface area contributed by atoms with Crippen molar-refractivity contribution < 1.29 is 17.9 Å². The van der Waals surface area contributed by atoms with E-state index in [0.29, 0.717) is 47.6 Å². The van der Waals surface area contributed by atoms with Gasteiger partial charge in [0.1, 0.15) is 5.75 Å². The zero-order chi connectivity index (χ0) is 22.7. The van der Waals surface area contributed by atoms with Crippen molar-refractivity contribution in [1.29, 1.82) is 5.26 Å². The van der Waals surface area contributed by atoms with Crippen LogP contribution in [0, 0.1) is 11.3 Å². The monoisotopic (exact) mass is 447 g/mol. The van der Waals surface area contributed by atoms with Crippen LogP contribution in [-0.2, 0) is 16.4 Å². The number of hydrogen-bond donors (Lipinski definition) is 1. The molecular weight excluding hydrogens is 426 g/mol. The molecule has 1 aliphatic rings. The minimum atomic E-state index is -3.72. The van der Waals surface area contributed by atoms with Crippen LogP contribution in [0.15, 0.2) is 71.6 Å². The van der Waals surface area contributed by atoms with Crippen molar-refractivity contribution in [1.82, 2.24) is 0 Å². The van der Waals surface area contributed by atoms with E-state index in [1.807, 2.05) is 12.1 Å². The van der Waals surface area contributed by atoms with Crippen molar-refractivity contribution in [2.24, 2.45) is 0 Å². The summed E-state index contributed by atoms with van der Waals surface area (Å²) in [6, 6.07) is 19.9. The number of rotatable bonds is 5. The Balaban J connectivity index is 1.58. The number of anilines is 2. The maximum atomic E-state index is 13.2. The van der Waals surface area contributed by atoms with Crippen molar-refractivity contribution in [3.8, 4) is 11.8 Å². The number of aryl methyl sites for hydroxylation is 1. The molecule has 0 atom stereocenters. The second kappa shape index (κ2) is 8.73. The van der Waals surface area contributed by atoms with E-state index < -0.39 is 10.0 Å². The van der Waals surface area contributed by atoms with E-state index in [2.05, 4.69) is 5.32 Å². The highest BCUT2D eigenvalue weighted by atomic mass is 32.2. The predicted octanol–water partition coefficient (Wildman–Crippen LogP) is 3.96. The third kappa shape index (κ3) is 4.15. The first-order valence-electron chi connectivity index (χ1n) is 10.0. The first-order valence-corrected chi connectivity index (χ1v) is 11.5. The smallest absolute Gasteiger partial charge is 0.264 e. The summed E-state index contributed by atoms with van der Waals surface area (Å²) >= 11 is 0. The summed E-state index contributed by atoms with van der Waals surface area (Å²) < 4.78 is 33.0. The molecule has 1 heterocycles. The van der Waals surface area contributed by atoms with Gasteiger partial charge in [-0.1, -0.05) is 0 Å². The normalized spacial score (nSPS) is 13.1. The van der Waals surface area contributed by atoms with Crippen molar-refractivity contribution >= 4 is 27.3 Å². The number of ether oxygens (including phenoxy) is 1. The molecule has 4 rings (SSSR count). The van der Waals surface area contributed by atoms with Crippen LogP contribution in [0.25, 0.3) is 0 Å². The van der Waals surface area contributed by atoms with Crippen LogP contribution in [-0.4, -0.2) is 28.0 Å². The SMILES string of the molecule is COc1ccc(S(=O)(=O)N2CCCc3cc(NC(=O)c4ccc(C#N)cc4)ccc32)cc1. The number of amides is 1. The summed E-state index contributed by atoms with van der Waals surface area (Å²) in [5.74, 6) is 0.290. The van der Waals surface area contributed by atoms with Gasteiger partial charge >= 0.3 is 0 Å². The van der Waals surface area contributed by atoms with E-state index in [-0.39, 0.29) is 10.8 Å². The summed E-state index contributed by atoms with van der Waals surface area (Å²) in [5, 5.41) is 11.7. The lowest BCUT2D eigenvalue weighted by molar-refractivity contribution is 0.102. The zero-order valence-corrected chi connectivity index (χ0v) is 18.2. The molecule has 3 aromatic rings. The minimum Gasteiger partial charge on any atom is -0.497 e. The number of sulfonamides is 1. The Morgan fingerprint density at radius 2 is 1.78 bits per heavy atom. The summed E-state index contributed by atoms with van der Waals surface area (Å²) in [7, 11) is -2.19. The zero-order valence-electron chi connectivity index (χ0n) is 17.4. The van der Waals surface area contributed by atoms with E-state index in [0.717, 1.165) is 5.56 Å². The standard InChI is InChI=1S/C24H21N3O4S/c1-31-21-9-11-22(12-10-21)32(29,30)27-14-2-3-19-15-20(8-13-23(19)27)26-24(28)18-6-4-17(16-25)5-7-18/h4-13,15H,2-3,14H2,1H3,(H,26,28). The van der Waals surface area contributed by atoms with Crippen molar-refractivity contribution in [2.75, 3.05) is 23.3 Å². The predicted molar refractivity (Wildman–Crippen MR) is 121 cm³/mol. The van der Waals surface area contributed by atoms with Gasteiger partial charge in [-0.15, -0.1) is 0 Å². The molecule has 0 saturated carbocycles. The Kier molecular flexibility index (Phi) is 5.84. The number of carbonyl (C=O) groups excluding carboxylic acids is 1. The van der Waals surface area contributed by atoms with Crippen LogP contribution >= 0.6 is 0 Å². The highest BCUT2D eigenvalue weighted by molar-refractivity contribution is 7.92. The van der Waals surface area contributed by atoms with Gasteiger partial charge in [0.15, 0.2) is 0 Å². The molecule has 0 unspecified atom stereocenters. The van der Waals surface area contributed by atoms with E-state index >= 15 is 0 Å².